The summed E-state index contributed by atoms with van der Waals surface area (Å²) in [4.78, 5) is 39.1. The standard InChI is InChI=1S/C29H42ClN5O5/c1-3-4-5-6-7-8-9-21(37)32-24-23-25(34-27(30)33-24)35(18-31-23)22-16-20(28(2,17-36)40-22)39-26(38)29-13-10-19(11-14-29)12-15-29/h18-20,22,36H,3-17H2,1-2H3,(H,32,33,34,37)/t19?,20-,22+,28+,29?/m0/s1. The fourth-order valence-electron chi connectivity index (χ4n) is 6.61. The van der Waals surface area contributed by atoms with Crippen LogP contribution in [0.4, 0.5) is 5.82 Å². The number of halogens is 1. The van der Waals surface area contributed by atoms with Gasteiger partial charge in [0.1, 0.15) is 17.9 Å². The van der Waals surface area contributed by atoms with Crippen LogP contribution < -0.4 is 5.32 Å². The van der Waals surface area contributed by atoms with Gasteiger partial charge >= 0.3 is 5.97 Å². The maximum atomic E-state index is 13.4. The third-order valence-electron chi connectivity index (χ3n) is 9.31. The highest BCUT2D eigenvalue weighted by atomic mass is 35.5. The third kappa shape index (κ3) is 5.99. The molecule has 40 heavy (non-hydrogen) atoms. The summed E-state index contributed by atoms with van der Waals surface area (Å²) in [6.07, 6.45) is 13.5. The molecule has 0 unspecified atom stereocenters. The van der Waals surface area contributed by atoms with Crippen molar-refractivity contribution in [1.29, 1.82) is 0 Å². The van der Waals surface area contributed by atoms with Crippen molar-refractivity contribution in [2.75, 3.05) is 11.9 Å². The number of nitrogens with one attached hydrogen (secondary N) is 1. The molecule has 6 rings (SSSR count). The van der Waals surface area contributed by atoms with E-state index in [2.05, 4.69) is 27.2 Å². The van der Waals surface area contributed by atoms with Crippen LogP contribution in [-0.4, -0.2) is 54.8 Å². The number of ether oxygens (including phenoxy) is 2. The quantitative estimate of drug-likeness (QED) is 0.187. The normalized spacial score (nSPS) is 29.6. The third-order valence-corrected chi connectivity index (χ3v) is 9.48. The molecule has 220 valence electrons. The molecule has 4 aliphatic rings. The highest BCUT2D eigenvalue weighted by Crippen LogP contribution is 2.52. The van der Waals surface area contributed by atoms with Crippen LogP contribution in [0, 0.1) is 11.3 Å². The zero-order valence-corrected chi connectivity index (χ0v) is 24.4. The van der Waals surface area contributed by atoms with Crippen LogP contribution >= 0.6 is 11.6 Å². The maximum absolute atomic E-state index is 13.4. The Labute approximate surface area is 240 Å². The van der Waals surface area contributed by atoms with Crippen LogP contribution in [-0.2, 0) is 19.1 Å². The van der Waals surface area contributed by atoms with Crippen LogP contribution in [0.1, 0.15) is 110 Å². The molecule has 2 aromatic rings. The largest absolute Gasteiger partial charge is 0.459 e. The molecule has 2 aromatic heterocycles. The second-order valence-electron chi connectivity index (χ2n) is 12.2. The predicted octanol–water partition coefficient (Wildman–Crippen LogP) is 5.72. The smallest absolute Gasteiger partial charge is 0.312 e. The number of aliphatic hydroxyl groups excluding tert-OH is 1. The molecule has 3 saturated carbocycles. The first-order chi connectivity index (χ1) is 19.3. The Kier molecular flexibility index (Phi) is 8.97. The molecule has 2 bridgehead atoms. The first kappa shape index (κ1) is 29.2. The molecular weight excluding hydrogens is 534 g/mol. The van der Waals surface area contributed by atoms with E-state index in [1.165, 1.54) is 19.3 Å². The number of esters is 1. The van der Waals surface area contributed by atoms with E-state index in [1.54, 1.807) is 17.8 Å². The van der Waals surface area contributed by atoms with Gasteiger partial charge in [-0.05, 0) is 69.4 Å². The SMILES string of the molecule is CCCCCCCCC(=O)Nc1nc(Cl)nc2c1ncn2[C@H]1C[C@H](OC(=O)C23CCC(CC2)CC3)[C@@](C)(CO)O1. The summed E-state index contributed by atoms with van der Waals surface area (Å²) in [6, 6.07) is 0. The number of hydrogen-bond acceptors (Lipinski definition) is 8. The van der Waals surface area contributed by atoms with Crippen molar-refractivity contribution < 1.29 is 24.2 Å². The van der Waals surface area contributed by atoms with Crippen molar-refractivity contribution in [2.45, 2.75) is 122 Å². The van der Waals surface area contributed by atoms with Crippen molar-refractivity contribution >= 4 is 40.5 Å². The molecule has 11 heteroatoms. The topological polar surface area (TPSA) is 128 Å². The Hall–Kier alpha value is -2.30. The molecule has 0 radical (unpaired) electrons. The summed E-state index contributed by atoms with van der Waals surface area (Å²) >= 11 is 6.26. The molecule has 10 nitrogen and oxygen atoms in total. The van der Waals surface area contributed by atoms with Crippen molar-refractivity contribution in [1.82, 2.24) is 19.5 Å². The van der Waals surface area contributed by atoms with E-state index >= 15 is 0 Å². The number of imidazole rings is 1. The molecule has 0 aromatic carbocycles. The van der Waals surface area contributed by atoms with Gasteiger partial charge in [0.2, 0.25) is 11.2 Å². The molecule has 0 spiro atoms. The number of nitrogens with zero attached hydrogens (tertiary/aromatic N) is 4. The summed E-state index contributed by atoms with van der Waals surface area (Å²) in [5, 5.41) is 13.1. The lowest BCUT2D eigenvalue weighted by molar-refractivity contribution is -0.181. The lowest BCUT2D eigenvalue weighted by atomic mass is 9.61. The molecule has 3 atom stereocenters. The van der Waals surface area contributed by atoms with E-state index in [1.807, 2.05) is 0 Å². The highest BCUT2D eigenvalue weighted by molar-refractivity contribution is 6.28. The van der Waals surface area contributed by atoms with Gasteiger partial charge in [-0.15, -0.1) is 0 Å². The van der Waals surface area contributed by atoms with E-state index in [4.69, 9.17) is 21.1 Å². The molecule has 3 heterocycles. The van der Waals surface area contributed by atoms with Crippen molar-refractivity contribution in [2.24, 2.45) is 11.3 Å². The van der Waals surface area contributed by atoms with Gasteiger partial charge in [0.05, 0.1) is 18.3 Å². The first-order valence-corrected chi connectivity index (χ1v) is 15.3. The summed E-state index contributed by atoms with van der Waals surface area (Å²) in [7, 11) is 0. The molecule has 2 N–H and O–H groups in total. The van der Waals surface area contributed by atoms with E-state index < -0.39 is 23.3 Å². The van der Waals surface area contributed by atoms with Gasteiger partial charge in [-0.2, -0.15) is 9.97 Å². The van der Waals surface area contributed by atoms with E-state index in [9.17, 15) is 14.7 Å². The lowest BCUT2D eigenvalue weighted by Crippen LogP contribution is -2.47. The number of rotatable bonds is 12. The number of carbonyl (C=O) groups is 2. The highest BCUT2D eigenvalue weighted by Gasteiger charge is 2.52. The summed E-state index contributed by atoms with van der Waals surface area (Å²) in [6.45, 7) is 3.63. The Balaban J connectivity index is 1.28. The van der Waals surface area contributed by atoms with Crippen molar-refractivity contribution in [3.8, 4) is 0 Å². The van der Waals surface area contributed by atoms with Gasteiger partial charge in [0.15, 0.2) is 17.0 Å². The Morgan fingerprint density at radius 1 is 1.15 bits per heavy atom. The van der Waals surface area contributed by atoms with Crippen LogP contribution in [0.3, 0.4) is 0 Å². The van der Waals surface area contributed by atoms with Crippen LogP contribution in [0.2, 0.25) is 5.28 Å². The number of fused-ring (bicyclic) bond motifs is 4. The van der Waals surface area contributed by atoms with Crippen molar-refractivity contribution in [3.05, 3.63) is 11.6 Å². The molecule has 3 aliphatic carbocycles. The fraction of sp³-hybridized carbons (Fsp3) is 0.759. The van der Waals surface area contributed by atoms with E-state index in [0.717, 1.165) is 63.7 Å². The number of amides is 1. The van der Waals surface area contributed by atoms with Crippen molar-refractivity contribution in [3.63, 3.8) is 0 Å². The summed E-state index contributed by atoms with van der Waals surface area (Å²) in [5.74, 6) is 0.678. The average Bonchev–Trinajstić information content (AvgIpc) is 3.53. The monoisotopic (exact) mass is 575 g/mol. The van der Waals surface area contributed by atoms with Gasteiger partial charge in [-0.3, -0.25) is 14.2 Å². The van der Waals surface area contributed by atoms with Gasteiger partial charge in [0.25, 0.3) is 0 Å². The molecule has 1 amide bonds. The first-order valence-electron chi connectivity index (χ1n) is 15.0. The minimum Gasteiger partial charge on any atom is -0.459 e. The molecule has 1 aliphatic heterocycles. The number of hydrogen-bond donors (Lipinski definition) is 2. The van der Waals surface area contributed by atoms with Crippen LogP contribution in [0.25, 0.3) is 11.2 Å². The van der Waals surface area contributed by atoms with Crippen LogP contribution in [0.15, 0.2) is 6.33 Å². The average molecular weight is 576 g/mol. The molecule has 1 saturated heterocycles. The number of aromatic nitrogens is 4. The zero-order chi connectivity index (χ0) is 28.3. The predicted molar refractivity (Wildman–Crippen MR) is 151 cm³/mol. The van der Waals surface area contributed by atoms with Crippen LogP contribution in [0.5, 0.6) is 0 Å². The molecular formula is C29H42ClN5O5. The summed E-state index contributed by atoms with van der Waals surface area (Å²) < 4.78 is 14.1. The van der Waals surface area contributed by atoms with Gasteiger partial charge in [-0.25, -0.2) is 4.98 Å². The number of unbranched alkanes of at least 4 members (excludes halogenated alkanes) is 5. The number of carbonyl (C=O) groups excluding carboxylic acids is 2. The second-order valence-corrected chi connectivity index (χ2v) is 12.5. The Bertz CT molecular complexity index is 1200. The minimum atomic E-state index is -1.08. The van der Waals surface area contributed by atoms with E-state index in [0.29, 0.717) is 24.0 Å². The van der Waals surface area contributed by atoms with E-state index in [-0.39, 0.29) is 29.6 Å². The molecule has 4 fully saturated rings. The Morgan fingerprint density at radius 3 is 2.55 bits per heavy atom. The summed E-state index contributed by atoms with van der Waals surface area (Å²) in [5.41, 5.74) is -0.691. The number of anilines is 1. The second kappa shape index (κ2) is 12.3. The van der Waals surface area contributed by atoms with Gasteiger partial charge in [0, 0.05) is 12.8 Å². The minimum absolute atomic E-state index is 0.0259. The lowest BCUT2D eigenvalue weighted by Gasteiger charge is -2.45. The van der Waals surface area contributed by atoms with Gasteiger partial charge in [-0.1, -0.05) is 39.0 Å². The maximum Gasteiger partial charge on any atom is 0.312 e. The number of aliphatic hydroxyl groups is 1. The Morgan fingerprint density at radius 2 is 1.85 bits per heavy atom. The fourth-order valence-corrected chi connectivity index (χ4v) is 6.77. The van der Waals surface area contributed by atoms with Gasteiger partial charge < -0.3 is 19.9 Å². The zero-order valence-electron chi connectivity index (χ0n) is 23.7.